The summed E-state index contributed by atoms with van der Waals surface area (Å²) < 4.78 is 0. The van der Waals surface area contributed by atoms with Crippen molar-refractivity contribution >= 4 is 22.8 Å². The Morgan fingerprint density at radius 1 is 1.06 bits per heavy atom. The molecule has 166 valence electrons. The van der Waals surface area contributed by atoms with Crippen molar-refractivity contribution in [1.29, 1.82) is 0 Å². The van der Waals surface area contributed by atoms with E-state index in [1.165, 1.54) is 0 Å². The Kier molecular flexibility index (Phi) is 5.65. The van der Waals surface area contributed by atoms with Crippen molar-refractivity contribution < 1.29 is 9.59 Å². The van der Waals surface area contributed by atoms with Crippen molar-refractivity contribution in [3.05, 3.63) is 89.7 Å². The number of pyridine rings is 1. The number of aryl methyl sites for hydroxylation is 1. The van der Waals surface area contributed by atoms with Crippen LogP contribution in [0.4, 0.5) is 0 Å². The van der Waals surface area contributed by atoms with Crippen LogP contribution in [0.3, 0.4) is 0 Å². The summed E-state index contributed by atoms with van der Waals surface area (Å²) in [5.74, 6) is -0.135. The molecule has 6 heteroatoms. The number of fused-ring (bicyclic) bond motifs is 1. The zero-order valence-electron chi connectivity index (χ0n) is 18.5. The number of aromatic amines is 1. The van der Waals surface area contributed by atoms with Crippen LogP contribution in [0.25, 0.3) is 22.2 Å². The minimum absolute atomic E-state index is 0.00277. The lowest BCUT2D eigenvalue weighted by Gasteiger charge is -2.33. The molecule has 33 heavy (non-hydrogen) atoms. The molecule has 1 unspecified atom stereocenters. The molecule has 5 rings (SSSR count). The predicted molar refractivity (Wildman–Crippen MR) is 129 cm³/mol. The first kappa shape index (κ1) is 20.9. The van der Waals surface area contributed by atoms with E-state index in [1.54, 1.807) is 18.5 Å². The van der Waals surface area contributed by atoms with Crippen molar-refractivity contribution in [2.45, 2.75) is 25.8 Å². The molecular weight excluding hydrogens is 412 g/mol. The fourth-order valence-corrected chi connectivity index (χ4v) is 4.61. The van der Waals surface area contributed by atoms with Gasteiger partial charge >= 0.3 is 0 Å². The van der Waals surface area contributed by atoms with Gasteiger partial charge in [0.15, 0.2) is 0 Å². The van der Waals surface area contributed by atoms with E-state index in [9.17, 15) is 9.59 Å². The second-order valence-electron chi connectivity index (χ2n) is 8.58. The summed E-state index contributed by atoms with van der Waals surface area (Å²) in [5.41, 5.74) is 5.10. The van der Waals surface area contributed by atoms with E-state index in [-0.39, 0.29) is 17.9 Å². The van der Waals surface area contributed by atoms with Gasteiger partial charge in [0.1, 0.15) is 5.65 Å². The maximum Gasteiger partial charge on any atom is 0.254 e. The van der Waals surface area contributed by atoms with Gasteiger partial charge in [0.2, 0.25) is 0 Å². The van der Waals surface area contributed by atoms with Crippen molar-refractivity contribution in [1.82, 2.24) is 20.2 Å². The first-order valence-electron chi connectivity index (χ1n) is 11.3. The highest BCUT2D eigenvalue weighted by Crippen LogP contribution is 2.27. The largest absolute Gasteiger partial charge is 0.348 e. The third-order valence-corrected chi connectivity index (χ3v) is 6.24. The van der Waals surface area contributed by atoms with Crippen LogP contribution in [0.2, 0.25) is 0 Å². The van der Waals surface area contributed by atoms with Gasteiger partial charge < -0.3 is 15.2 Å². The number of H-pyrrole nitrogens is 1. The van der Waals surface area contributed by atoms with Crippen molar-refractivity contribution in [2.24, 2.45) is 0 Å². The second kappa shape index (κ2) is 8.90. The summed E-state index contributed by atoms with van der Waals surface area (Å²) >= 11 is 0. The highest BCUT2D eigenvalue weighted by Gasteiger charge is 2.27. The first-order valence-corrected chi connectivity index (χ1v) is 11.3. The molecule has 2 amide bonds. The smallest absolute Gasteiger partial charge is 0.254 e. The van der Waals surface area contributed by atoms with Crippen molar-refractivity contribution in [2.75, 3.05) is 13.1 Å². The molecular formula is C27H26N4O2. The van der Waals surface area contributed by atoms with Crippen LogP contribution >= 0.6 is 0 Å². The number of benzene rings is 2. The SMILES string of the molecule is Cc1cccc(-c2ccccc2C(=O)N2CCCC(NC(=O)c3ccnc4[nH]ccc34)C2)c1. The van der Waals surface area contributed by atoms with E-state index in [1.807, 2.05) is 47.4 Å². The third kappa shape index (κ3) is 4.24. The fourth-order valence-electron chi connectivity index (χ4n) is 4.61. The maximum atomic E-state index is 13.5. The number of nitrogens with zero attached hydrogens (tertiary/aromatic N) is 2. The molecule has 3 heterocycles. The van der Waals surface area contributed by atoms with Crippen LogP contribution in [0.1, 0.15) is 39.1 Å². The first-order chi connectivity index (χ1) is 16.1. The average Bonchev–Trinajstić information content (AvgIpc) is 3.33. The maximum absolute atomic E-state index is 13.5. The van der Waals surface area contributed by atoms with Gasteiger partial charge in [-0.1, -0.05) is 48.0 Å². The molecule has 0 bridgehead atoms. The van der Waals surface area contributed by atoms with Gasteiger partial charge in [-0.25, -0.2) is 4.98 Å². The molecule has 1 aliphatic rings. The molecule has 1 aliphatic heterocycles. The number of carbonyl (C=O) groups is 2. The van der Waals surface area contributed by atoms with Crippen molar-refractivity contribution in [3.63, 3.8) is 0 Å². The van der Waals surface area contributed by atoms with Gasteiger partial charge in [0.05, 0.1) is 5.56 Å². The lowest BCUT2D eigenvalue weighted by atomic mass is 9.96. The summed E-state index contributed by atoms with van der Waals surface area (Å²) in [7, 11) is 0. The molecule has 4 aromatic rings. The number of hydrogen-bond acceptors (Lipinski definition) is 3. The summed E-state index contributed by atoms with van der Waals surface area (Å²) in [5, 5.41) is 3.93. The zero-order chi connectivity index (χ0) is 22.8. The predicted octanol–water partition coefficient (Wildman–Crippen LogP) is 4.57. The van der Waals surface area contributed by atoms with Gasteiger partial charge in [0, 0.05) is 42.5 Å². The highest BCUT2D eigenvalue weighted by atomic mass is 16.2. The molecule has 0 saturated carbocycles. The number of carbonyl (C=O) groups excluding carboxylic acids is 2. The van der Waals surface area contributed by atoms with Gasteiger partial charge in [-0.2, -0.15) is 0 Å². The highest BCUT2D eigenvalue weighted by molar-refractivity contribution is 6.05. The molecule has 2 aromatic heterocycles. The standard InChI is InChI=1S/C27H26N4O2/c1-18-6-4-7-19(16-18)21-9-2-3-10-24(21)27(33)31-15-5-8-20(17-31)30-26(32)23-12-14-29-25-22(23)11-13-28-25/h2-4,6-7,9-14,16,20H,5,8,15,17H2,1H3,(H,28,29)(H,30,32). The molecule has 6 nitrogen and oxygen atoms in total. The zero-order valence-corrected chi connectivity index (χ0v) is 18.5. The Hall–Kier alpha value is -3.93. The second-order valence-corrected chi connectivity index (χ2v) is 8.58. The fraction of sp³-hybridized carbons (Fsp3) is 0.222. The van der Waals surface area contributed by atoms with E-state index >= 15 is 0 Å². The van der Waals surface area contributed by atoms with Gasteiger partial charge in [-0.15, -0.1) is 0 Å². The summed E-state index contributed by atoms with van der Waals surface area (Å²) in [4.78, 5) is 35.7. The lowest BCUT2D eigenvalue weighted by Crippen LogP contribution is -2.49. The van der Waals surface area contributed by atoms with Crippen LogP contribution in [-0.2, 0) is 0 Å². The Balaban J connectivity index is 1.34. The number of nitrogens with one attached hydrogen (secondary N) is 2. The number of amides is 2. The Bertz CT molecular complexity index is 1330. The van der Waals surface area contributed by atoms with E-state index < -0.39 is 0 Å². The van der Waals surface area contributed by atoms with E-state index in [0.29, 0.717) is 29.9 Å². The summed E-state index contributed by atoms with van der Waals surface area (Å²) in [6.07, 6.45) is 5.10. The number of likely N-dealkylation sites (tertiary alicyclic amines) is 1. The van der Waals surface area contributed by atoms with E-state index in [2.05, 4.69) is 34.3 Å². The number of hydrogen-bond donors (Lipinski definition) is 2. The quantitative estimate of drug-likeness (QED) is 0.490. The van der Waals surface area contributed by atoms with Crippen molar-refractivity contribution in [3.8, 4) is 11.1 Å². The van der Waals surface area contributed by atoms with Gasteiger partial charge in [-0.3, -0.25) is 9.59 Å². The molecule has 2 aromatic carbocycles. The number of piperidine rings is 1. The minimum atomic E-state index is -0.138. The minimum Gasteiger partial charge on any atom is -0.348 e. The normalized spacial score (nSPS) is 16.0. The topological polar surface area (TPSA) is 78.1 Å². The monoisotopic (exact) mass is 438 g/mol. The molecule has 1 fully saturated rings. The Labute approximate surface area is 192 Å². The van der Waals surface area contributed by atoms with E-state index in [0.717, 1.165) is 34.9 Å². The van der Waals surface area contributed by atoms with Crippen LogP contribution in [-0.4, -0.2) is 45.8 Å². The third-order valence-electron chi connectivity index (χ3n) is 6.24. The molecule has 1 atom stereocenters. The number of aromatic nitrogens is 2. The van der Waals surface area contributed by atoms with Crippen LogP contribution in [0.5, 0.6) is 0 Å². The average molecular weight is 439 g/mol. The van der Waals surface area contributed by atoms with Crippen LogP contribution in [0, 0.1) is 6.92 Å². The number of rotatable bonds is 4. The molecule has 2 N–H and O–H groups in total. The summed E-state index contributed by atoms with van der Waals surface area (Å²) in [6, 6.07) is 19.4. The molecule has 0 aliphatic carbocycles. The van der Waals surface area contributed by atoms with E-state index in [4.69, 9.17) is 0 Å². The van der Waals surface area contributed by atoms with Crippen LogP contribution < -0.4 is 5.32 Å². The Morgan fingerprint density at radius 2 is 1.94 bits per heavy atom. The molecule has 1 saturated heterocycles. The van der Waals surface area contributed by atoms with Gasteiger partial charge in [-0.05, 0) is 49.1 Å². The summed E-state index contributed by atoms with van der Waals surface area (Å²) in [6.45, 7) is 3.23. The molecule has 0 spiro atoms. The van der Waals surface area contributed by atoms with Crippen LogP contribution in [0.15, 0.2) is 73.1 Å². The lowest BCUT2D eigenvalue weighted by molar-refractivity contribution is 0.0677. The Morgan fingerprint density at radius 3 is 2.82 bits per heavy atom. The van der Waals surface area contributed by atoms with Gasteiger partial charge in [0.25, 0.3) is 11.8 Å². The molecule has 0 radical (unpaired) electrons.